The molecule has 0 bridgehead atoms. The van der Waals surface area contributed by atoms with Gasteiger partial charge in [0.15, 0.2) is 0 Å². The molecule has 0 aliphatic carbocycles. The third-order valence-electron chi connectivity index (χ3n) is 3.77. The summed E-state index contributed by atoms with van der Waals surface area (Å²) in [6, 6.07) is 9.04. The quantitative estimate of drug-likeness (QED) is 0.848. The molecule has 1 aromatic carbocycles. The summed E-state index contributed by atoms with van der Waals surface area (Å²) >= 11 is 0. The van der Waals surface area contributed by atoms with Crippen molar-refractivity contribution in [1.29, 1.82) is 0 Å². The number of carbonyl (C=O) groups excluding carboxylic acids is 2. The first-order chi connectivity index (χ1) is 11.3. The summed E-state index contributed by atoms with van der Waals surface area (Å²) in [6.07, 6.45) is -0.0664. The molecule has 2 amide bonds. The van der Waals surface area contributed by atoms with Gasteiger partial charge in [-0.3, -0.25) is 9.69 Å². The van der Waals surface area contributed by atoms with Gasteiger partial charge in [0.25, 0.3) is 0 Å². The summed E-state index contributed by atoms with van der Waals surface area (Å²) in [5, 5.41) is 0. The molecule has 0 saturated carbocycles. The van der Waals surface area contributed by atoms with Crippen LogP contribution in [0.15, 0.2) is 30.3 Å². The lowest BCUT2D eigenvalue weighted by molar-refractivity contribution is -0.136. The van der Waals surface area contributed by atoms with Crippen LogP contribution in [-0.4, -0.2) is 60.4 Å². The monoisotopic (exact) mass is 334 g/mol. The number of nitrogens with zero attached hydrogens (tertiary/aromatic N) is 2. The van der Waals surface area contributed by atoms with Gasteiger partial charge < -0.3 is 14.4 Å². The lowest BCUT2D eigenvalue weighted by Crippen LogP contribution is -2.51. The number of benzene rings is 1. The highest BCUT2D eigenvalue weighted by atomic mass is 16.6. The van der Waals surface area contributed by atoms with Crippen LogP contribution in [0.2, 0.25) is 0 Å². The number of rotatable bonds is 4. The minimum absolute atomic E-state index is 0.121. The van der Waals surface area contributed by atoms with Crippen molar-refractivity contribution in [3.8, 4) is 0 Å². The molecule has 24 heavy (non-hydrogen) atoms. The second kappa shape index (κ2) is 7.66. The second-order valence-corrected chi connectivity index (χ2v) is 6.94. The summed E-state index contributed by atoms with van der Waals surface area (Å²) in [5.41, 5.74) is 0.383. The van der Waals surface area contributed by atoms with Crippen molar-refractivity contribution in [2.24, 2.45) is 0 Å². The smallest absolute Gasteiger partial charge is 0.410 e. The van der Waals surface area contributed by atoms with Gasteiger partial charge in [-0.1, -0.05) is 30.3 Å². The molecule has 132 valence electrons. The SMILES string of the molecule is CN(C(=O)OC(C)(C)C)[C@@H](Cc1ccccc1)C(=O)N1CCOC1. The third-order valence-corrected chi connectivity index (χ3v) is 3.77. The van der Waals surface area contributed by atoms with Crippen molar-refractivity contribution in [1.82, 2.24) is 9.80 Å². The van der Waals surface area contributed by atoms with Crippen molar-refractivity contribution in [3.05, 3.63) is 35.9 Å². The van der Waals surface area contributed by atoms with Gasteiger partial charge in [-0.05, 0) is 26.3 Å². The second-order valence-electron chi connectivity index (χ2n) is 6.94. The Bertz CT molecular complexity index is 562. The van der Waals surface area contributed by atoms with Crippen LogP contribution in [0.25, 0.3) is 0 Å². The fourth-order valence-corrected chi connectivity index (χ4v) is 2.49. The lowest BCUT2D eigenvalue weighted by atomic mass is 10.0. The fraction of sp³-hybridized carbons (Fsp3) is 0.556. The first kappa shape index (κ1) is 18.3. The molecular weight excluding hydrogens is 308 g/mol. The Balaban J connectivity index is 2.17. The zero-order valence-electron chi connectivity index (χ0n) is 14.8. The summed E-state index contributed by atoms with van der Waals surface area (Å²) in [5.74, 6) is -0.121. The molecule has 1 aromatic rings. The number of amides is 2. The van der Waals surface area contributed by atoms with Gasteiger partial charge in [0.05, 0.1) is 6.61 Å². The maximum absolute atomic E-state index is 12.9. The third kappa shape index (κ3) is 4.96. The predicted octanol–water partition coefficient (Wildman–Crippen LogP) is 2.28. The summed E-state index contributed by atoms with van der Waals surface area (Å²) in [4.78, 5) is 28.3. The number of likely N-dealkylation sites (N-methyl/N-ethyl adjacent to an activating group) is 1. The molecule has 1 atom stereocenters. The molecule has 1 fully saturated rings. The van der Waals surface area contributed by atoms with Crippen LogP contribution >= 0.6 is 0 Å². The van der Waals surface area contributed by atoms with Crippen LogP contribution in [0.3, 0.4) is 0 Å². The number of carbonyl (C=O) groups is 2. The highest BCUT2D eigenvalue weighted by Gasteiger charge is 2.34. The minimum Gasteiger partial charge on any atom is -0.444 e. The van der Waals surface area contributed by atoms with E-state index in [-0.39, 0.29) is 12.6 Å². The van der Waals surface area contributed by atoms with E-state index < -0.39 is 17.7 Å². The van der Waals surface area contributed by atoms with E-state index in [1.807, 2.05) is 30.3 Å². The molecular formula is C18H26N2O4. The molecule has 1 saturated heterocycles. The van der Waals surface area contributed by atoms with E-state index in [1.54, 1.807) is 32.7 Å². The van der Waals surface area contributed by atoms with Crippen molar-refractivity contribution >= 4 is 12.0 Å². The van der Waals surface area contributed by atoms with Crippen LogP contribution in [0.1, 0.15) is 26.3 Å². The van der Waals surface area contributed by atoms with Crippen LogP contribution in [0, 0.1) is 0 Å². The van der Waals surface area contributed by atoms with E-state index in [1.165, 1.54) is 4.90 Å². The van der Waals surface area contributed by atoms with Gasteiger partial charge in [-0.2, -0.15) is 0 Å². The zero-order valence-corrected chi connectivity index (χ0v) is 14.8. The first-order valence-electron chi connectivity index (χ1n) is 8.14. The van der Waals surface area contributed by atoms with Gasteiger partial charge in [0.1, 0.15) is 18.4 Å². The summed E-state index contributed by atoms with van der Waals surface area (Å²) < 4.78 is 10.7. The Kier molecular flexibility index (Phi) is 5.83. The van der Waals surface area contributed by atoms with E-state index in [0.717, 1.165) is 5.56 Å². The average molecular weight is 334 g/mol. The Labute approximate surface area is 143 Å². The molecule has 0 aromatic heterocycles. The molecule has 0 spiro atoms. The topological polar surface area (TPSA) is 59.1 Å². The van der Waals surface area contributed by atoms with Gasteiger partial charge in [-0.25, -0.2) is 4.79 Å². The Morgan fingerprint density at radius 2 is 1.96 bits per heavy atom. The molecule has 0 N–H and O–H groups in total. The lowest BCUT2D eigenvalue weighted by Gasteiger charge is -2.32. The molecule has 1 heterocycles. The minimum atomic E-state index is -0.621. The number of ether oxygens (including phenoxy) is 2. The Morgan fingerprint density at radius 3 is 2.50 bits per heavy atom. The largest absolute Gasteiger partial charge is 0.444 e. The number of hydrogen-bond donors (Lipinski definition) is 0. The summed E-state index contributed by atoms with van der Waals surface area (Å²) in [6.45, 7) is 6.77. The van der Waals surface area contributed by atoms with Gasteiger partial charge in [0, 0.05) is 20.0 Å². The maximum atomic E-state index is 12.9. The maximum Gasteiger partial charge on any atom is 0.410 e. The van der Waals surface area contributed by atoms with Crippen LogP contribution < -0.4 is 0 Å². The van der Waals surface area contributed by atoms with Crippen molar-refractivity contribution < 1.29 is 19.1 Å². The van der Waals surface area contributed by atoms with E-state index >= 15 is 0 Å². The number of hydrogen-bond acceptors (Lipinski definition) is 4. The van der Waals surface area contributed by atoms with E-state index in [0.29, 0.717) is 19.6 Å². The first-order valence-corrected chi connectivity index (χ1v) is 8.14. The van der Waals surface area contributed by atoms with Crippen LogP contribution in [0.4, 0.5) is 4.79 Å². The highest BCUT2D eigenvalue weighted by Crippen LogP contribution is 2.16. The van der Waals surface area contributed by atoms with E-state index in [9.17, 15) is 9.59 Å². The normalized spacial score (nSPS) is 15.9. The zero-order chi connectivity index (χ0) is 17.7. The summed E-state index contributed by atoms with van der Waals surface area (Å²) in [7, 11) is 1.61. The molecule has 1 aliphatic heterocycles. The van der Waals surface area contributed by atoms with Crippen LogP contribution in [0.5, 0.6) is 0 Å². The van der Waals surface area contributed by atoms with E-state index in [4.69, 9.17) is 9.47 Å². The van der Waals surface area contributed by atoms with Gasteiger partial charge >= 0.3 is 6.09 Å². The molecule has 0 radical (unpaired) electrons. The average Bonchev–Trinajstić information content (AvgIpc) is 3.05. The molecule has 2 rings (SSSR count). The van der Waals surface area contributed by atoms with Crippen molar-refractivity contribution in [3.63, 3.8) is 0 Å². The highest BCUT2D eigenvalue weighted by molar-refractivity contribution is 5.86. The van der Waals surface area contributed by atoms with E-state index in [2.05, 4.69) is 0 Å². The Hall–Kier alpha value is -2.08. The van der Waals surface area contributed by atoms with Gasteiger partial charge in [-0.15, -0.1) is 0 Å². The molecule has 0 unspecified atom stereocenters. The standard InChI is InChI=1S/C18H26N2O4/c1-18(2,3)24-17(22)19(4)15(12-14-8-6-5-7-9-14)16(21)20-10-11-23-13-20/h5-9,15H,10-13H2,1-4H3/t15-/m0/s1. The predicted molar refractivity (Wildman–Crippen MR) is 90.5 cm³/mol. The molecule has 6 nitrogen and oxygen atoms in total. The van der Waals surface area contributed by atoms with Crippen molar-refractivity contribution in [2.75, 3.05) is 26.9 Å². The van der Waals surface area contributed by atoms with Crippen LogP contribution in [-0.2, 0) is 20.7 Å². The molecule has 6 heteroatoms. The molecule has 1 aliphatic rings. The van der Waals surface area contributed by atoms with Crippen molar-refractivity contribution in [2.45, 2.75) is 38.8 Å². The fourth-order valence-electron chi connectivity index (χ4n) is 2.49. The van der Waals surface area contributed by atoms with Gasteiger partial charge in [0.2, 0.25) is 5.91 Å². The Morgan fingerprint density at radius 1 is 1.29 bits per heavy atom.